The number of unbranched alkanes of at least 4 members (excludes halogenated alkanes) is 2. The van der Waals surface area contributed by atoms with Crippen molar-refractivity contribution in [2.75, 3.05) is 5.32 Å². The molecule has 1 amide bonds. The average molecular weight is 567 g/mol. The number of furan rings is 1. The van der Waals surface area contributed by atoms with Gasteiger partial charge >= 0.3 is 0 Å². The van der Waals surface area contributed by atoms with Crippen molar-refractivity contribution in [2.24, 2.45) is 0 Å². The van der Waals surface area contributed by atoms with Gasteiger partial charge in [-0.15, -0.1) is 0 Å². The Bertz CT molecular complexity index is 1680. The van der Waals surface area contributed by atoms with E-state index >= 15 is 0 Å². The molecule has 8 nitrogen and oxygen atoms in total. The van der Waals surface area contributed by atoms with Gasteiger partial charge in [-0.2, -0.15) is 0 Å². The first-order chi connectivity index (χ1) is 17.4. The molecule has 5 aromatic rings. The van der Waals surface area contributed by atoms with E-state index in [0.29, 0.717) is 27.9 Å². The number of hydrogen-bond acceptors (Lipinski definition) is 6. The van der Waals surface area contributed by atoms with Crippen LogP contribution >= 0.6 is 15.9 Å². The number of aromatic nitrogens is 3. The number of para-hydroxylation sites is 2. The van der Waals surface area contributed by atoms with Crippen LogP contribution in [0.3, 0.4) is 0 Å². The lowest BCUT2D eigenvalue weighted by Gasteiger charge is -2.12. The molecule has 10 heteroatoms. The maximum atomic E-state index is 14.0. The lowest BCUT2D eigenvalue weighted by molar-refractivity contribution is 0.0994. The first-order valence-corrected chi connectivity index (χ1v) is 13.8. The molecule has 0 spiro atoms. The lowest BCUT2D eigenvalue weighted by Crippen LogP contribution is -2.17. The molecule has 3 aromatic heterocycles. The standard InChI is InChI=1S/C26H23BrN4O4S/c1-2-3-9-16-31-24-22(28-18-12-7-8-13-19(18)29-24)23(36(33,34)17-10-5-4-6-11-17)25(31)30-26(32)20-14-15-21(27)35-20/h4-8,10-15H,2-3,9,16H2,1H3,(H,30,32). The van der Waals surface area contributed by atoms with Crippen molar-refractivity contribution < 1.29 is 17.6 Å². The molecule has 0 aliphatic rings. The van der Waals surface area contributed by atoms with Crippen LogP contribution in [0.2, 0.25) is 0 Å². The molecule has 0 bridgehead atoms. The van der Waals surface area contributed by atoms with Gasteiger partial charge in [0.15, 0.2) is 16.1 Å². The van der Waals surface area contributed by atoms with Crippen molar-refractivity contribution in [1.29, 1.82) is 0 Å². The third-order valence-electron chi connectivity index (χ3n) is 5.84. The highest BCUT2D eigenvalue weighted by Gasteiger charge is 2.32. The van der Waals surface area contributed by atoms with Gasteiger partial charge < -0.3 is 14.3 Å². The van der Waals surface area contributed by atoms with Gasteiger partial charge in [-0.1, -0.05) is 50.1 Å². The van der Waals surface area contributed by atoms with Crippen LogP contribution < -0.4 is 5.32 Å². The van der Waals surface area contributed by atoms with E-state index in [1.165, 1.54) is 18.2 Å². The minimum atomic E-state index is -4.08. The normalized spacial score (nSPS) is 11.8. The molecule has 3 heterocycles. The number of halogens is 1. The number of benzene rings is 2. The van der Waals surface area contributed by atoms with Crippen LogP contribution in [0, 0.1) is 0 Å². The van der Waals surface area contributed by atoms with Crippen LogP contribution in [0.25, 0.3) is 22.2 Å². The number of hydrogen-bond donors (Lipinski definition) is 1. The fourth-order valence-corrected chi connectivity index (χ4v) is 5.98. The largest absolute Gasteiger partial charge is 0.444 e. The smallest absolute Gasteiger partial charge is 0.292 e. The summed E-state index contributed by atoms with van der Waals surface area (Å²) < 4.78 is 35.6. The highest BCUT2D eigenvalue weighted by atomic mass is 79.9. The number of carbonyl (C=O) groups is 1. The van der Waals surface area contributed by atoms with Gasteiger partial charge in [0.2, 0.25) is 9.84 Å². The molecule has 1 N–H and O–H groups in total. The van der Waals surface area contributed by atoms with Crippen LogP contribution in [0.1, 0.15) is 36.7 Å². The van der Waals surface area contributed by atoms with Crippen LogP contribution in [0.5, 0.6) is 0 Å². The summed E-state index contributed by atoms with van der Waals surface area (Å²) in [4.78, 5) is 22.7. The third kappa shape index (κ3) is 4.42. The SMILES string of the molecule is CCCCCn1c(NC(=O)c2ccc(Br)o2)c(S(=O)(=O)c2ccccc2)c2nc3ccccc3nc21. The second-order valence-electron chi connectivity index (χ2n) is 8.30. The molecule has 36 heavy (non-hydrogen) atoms. The van der Waals surface area contributed by atoms with Crippen LogP contribution in [-0.2, 0) is 16.4 Å². The minimum absolute atomic E-state index is 0.0429. The van der Waals surface area contributed by atoms with E-state index < -0.39 is 15.7 Å². The van der Waals surface area contributed by atoms with Crippen molar-refractivity contribution >= 4 is 59.7 Å². The van der Waals surface area contributed by atoms with Gasteiger partial charge in [0.05, 0.1) is 15.9 Å². The number of carbonyl (C=O) groups excluding carboxylic acids is 1. The maximum Gasteiger partial charge on any atom is 0.292 e. The van der Waals surface area contributed by atoms with E-state index in [-0.39, 0.29) is 26.9 Å². The predicted octanol–water partition coefficient (Wildman–Crippen LogP) is 6.22. The molecule has 0 aliphatic carbocycles. The van der Waals surface area contributed by atoms with E-state index in [1.807, 2.05) is 18.2 Å². The van der Waals surface area contributed by atoms with Gasteiger partial charge in [-0.05, 0) is 58.7 Å². The van der Waals surface area contributed by atoms with Gasteiger partial charge in [-0.25, -0.2) is 18.4 Å². The van der Waals surface area contributed by atoms with Crippen molar-refractivity contribution in [3.63, 3.8) is 0 Å². The van der Waals surface area contributed by atoms with Crippen molar-refractivity contribution in [3.8, 4) is 0 Å². The number of nitrogens with one attached hydrogen (secondary N) is 1. The quantitative estimate of drug-likeness (QED) is 0.223. The van der Waals surface area contributed by atoms with Crippen molar-refractivity contribution in [1.82, 2.24) is 14.5 Å². The van der Waals surface area contributed by atoms with Crippen LogP contribution in [-0.4, -0.2) is 28.9 Å². The molecule has 2 aromatic carbocycles. The van der Waals surface area contributed by atoms with E-state index in [2.05, 4.69) is 28.2 Å². The van der Waals surface area contributed by atoms with E-state index in [4.69, 9.17) is 14.4 Å². The number of rotatable bonds is 8. The Hall–Kier alpha value is -3.50. The molecule has 0 radical (unpaired) electrons. The van der Waals surface area contributed by atoms with Crippen LogP contribution in [0.4, 0.5) is 5.82 Å². The number of nitrogens with zero attached hydrogens (tertiary/aromatic N) is 3. The Morgan fingerprint density at radius 1 is 0.972 bits per heavy atom. The van der Waals surface area contributed by atoms with Crippen molar-refractivity contribution in [3.05, 3.63) is 77.2 Å². The molecule has 0 unspecified atom stereocenters. The molecule has 0 saturated heterocycles. The zero-order valence-corrected chi connectivity index (χ0v) is 21.8. The summed E-state index contributed by atoms with van der Waals surface area (Å²) in [6.45, 7) is 2.54. The Morgan fingerprint density at radius 3 is 2.33 bits per heavy atom. The second-order valence-corrected chi connectivity index (χ2v) is 11.0. The first-order valence-electron chi connectivity index (χ1n) is 11.6. The second kappa shape index (κ2) is 9.87. The maximum absolute atomic E-state index is 14.0. The predicted molar refractivity (Wildman–Crippen MR) is 141 cm³/mol. The molecule has 184 valence electrons. The van der Waals surface area contributed by atoms with Crippen LogP contribution in [0.15, 0.2) is 85.6 Å². The first kappa shape index (κ1) is 24.2. The molecular formula is C26H23BrN4O4S. The Labute approximate surface area is 216 Å². The zero-order chi connectivity index (χ0) is 25.3. The fourth-order valence-electron chi connectivity index (χ4n) is 4.11. The molecule has 0 saturated carbocycles. The lowest BCUT2D eigenvalue weighted by atomic mass is 10.2. The Morgan fingerprint density at radius 2 is 1.67 bits per heavy atom. The number of anilines is 1. The highest BCUT2D eigenvalue weighted by Crippen LogP contribution is 2.37. The Kier molecular flexibility index (Phi) is 6.63. The number of sulfone groups is 1. The van der Waals surface area contributed by atoms with Gasteiger partial charge in [0, 0.05) is 6.54 Å². The Balaban J connectivity index is 1.80. The van der Waals surface area contributed by atoms with E-state index in [9.17, 15) is 13.2 Å². The summed E-state index contributed by atoms with van der Waals surface area (Å²) in [7, 11) is -4.08. The number of amides is 1. The minimum Gasteiger partial charge on any atom is -0.444 e. The number of aryl methyl sites for hydroxylation is 1. The molecule has 0 atom stereocenters. The molecule has 0 fully saturated rings. The molecular weight excluding hydrogens is 544 g/mol. The van der Waals surface area contributed by atoms with Gasteiger partial charge in [-0.3, -0.25) is 4.79 Å². The monoisotopic (exact) mass is 566 g/mol. The summed E-state index contributed by atoms with van der Waals surface area (Å²) in [5, 5.41) is 2.81. The average Bonchev–Trinajstić information content (AvgIpc) is 3.44. The third-order valence-corrected chi connectivity index (χ3v) is 8.09. The van der Waals surface area contributed by atoms with Gasteiger partial charge in [0.25, 0.3) is 5.91 Å². The molecule has 0 aliphatic heterocycles. The summed E-state index contributed by atoms with van der Waals surface area (Å²) in [6.07, 6.45) is 2.68. The summed E-state index contributed by atoms with van der Waals surface area (Å²) in [5.74, 6) is -0.409. The molecule has 5 rings (SSSR count). The summed E-state index contributed by atoms with van der Waals surface area (Å²) in [5.41, 5.74) is 1.81. The van der Waals surface area contributed by atoms with E-state index in [0.717, 1.165) is 19.3 Å². The number of fused-ring (bicyclic) bond motifs is 2. The topological polar surface area (TPSA) is 107 Å². The van der Waals surface area contributed by atoms with E-state index in [1.54, 1.807) is 34.9 Å². The van der Waals surface area contributed by atoms with Gasteiger partial charge in [0.1, 0.15) is 16.2 Å². The fraction of sp³-hybridized carbons (Fsp3) is 0.192. The van der Waals surface area contributed by atoms with Crippen molar-refractivity contribution in [2.45, 2.75) is 42.5 Å². The summed E-state index contributed by atoms with van der Waals surface area (Å²) in [6, 6.07) is 18.5. The highest BCUT2D eigenvalue weighted by molar-refractivity contribution is 9.10. The summed E-state index contributed by atoms with van der Waals surface area (Å²) >= 11 is 3.20. The zero-order valence-electron chi connectivity index (χ0n) is 19.4.